The van der Waals surface area contributed by atoms with E-state index in [2.05, 4.69) is 25.2 Å². The van der Waals surface area contributed by atoms with Crippen molar-refractivity contribution in [3.8, 4) is 5.75 Å². The lowest BCUT2D eigenvalue weighted by Crippen LogP contribution is -2.28. The minimum Gasteiger partial charge on any atom is -0.496 e. The van der Waals surface area contributed by atoms with Crippen molar-refractivity contribution < 1.29 is 9.84 Å². The first-order chi connectivity index (χ1) is 8.08. The number of aliphatic hydroxyl groups excluding tert-OH is 1. The standard InChI is InChI=1S/C14H23NO2/c1-5-12(16)9-15-11(3)13-8-10(2)6-7-14(13)17-4/h6-8,11-12,15-16H,5,9H2,1-4H3/t11-,12-/m0/s1. The van der Waals surface area contributed by atoms with Crippen LogP contribution in [0.4, 0.5) is 0 Å². The van der Waals surface area contributed by atoms with Gasteiger partial charge in [-0.25, -0.2) is 0 Å². The summed E-state index contributed by atoms with van der Waals surface area (Å²) in [6, 6.07) is 6.31. The van der Waals surface area contributed by atoms with Gasteiger partial charge in [-0.05, 0) is 26.3 Å². The third-order valence-corrected chi connectivity index (χ3v) is 2.98. The Labute approximate surface area is 104 Å². The number of aryl methyl sites for hydroxylation is 1. The first kappa shape index (κ1) is 14.0. The zero-order valence-corrected chi connectivity index (χ0v) is 11.2. The number of ether oxygens (including phenoxy) is 1. The molecular formula is C14H23NO2. The molecule has 0 unspecified atom stereocenters. The lowest BCUT2D eigenvalue weighted by Gasteiger charge is -2.19. The Morgan fingerprint density at radius 2 is 2.12 bits per heavy atom. The molecule has 0 amide bonds. The molecule has 1 aromatic rings. The van der Waals surface area contributed by atoms with Crippen LogP contribution in [0.25, 0.3) is 0 Å². The van der Waals surface area contributed by atoms with Crippen LogP contribution in [-0.4, -0.2) is 24.9 Å². The molecule has 0 fully saturated rings. The van der Waals surface area contributed by atoms with Gasteiger partial charge in [0.25, 0.3) is 0 Å². The monoisotopic (exact) mass is 237 g/mol. The van der Waals surface area contributed by atoms with Gasteiger partial charge >= 0.3 is 0 Å². The smallest absolute Gasteiger partial charge is 0.123 e. The van der Waals surface area contributed by atoms with Crippen molar-refractivity contribution in [1.82, 2.24) is 5.32 Å². The molecule has 3 heteroatoms. The maximum atomic E-state index is 9.54. The first-order valence-corrected chi connectivity index (χ1v) is 6.14. The van der Waals surface area contributed by atoms with E-state index in [9.17, 15) is 5.11 Å². The summed E-state index contributed by atoms with van der Waals surface area (Å²) in [6.07, 6.45) is 0.485. The van der Waals surface area contributed by atoms with Crippen LogP contribution < -0.4 is 10.1 Å². The van der Waals surface area contributed by atoms with E-state index in [0.29, 0.717) is 6.54 Å². The van der Waals surface area contributed by atoms with E-state index in [4.69, 9.17) is 4.74 Å². The Kier molecular flexibility index (Phi) is 5.45. The largest absolute Gasteiger partial charge is 0.496 e. The molecule has 0 aromatic heterocycles. The highest BCUT2D eigenvalue weighted by atomic mass is 16.5. The molecule has 1 aromatic carbocycles. The van der Waals surface area contributed by atoms with Crippen molar-refractivity contribution in [2.24, 2.45) is 0 Å². The predicted octanol–water partition coefficient (Wildman–Crippen LogP) is 2.43. The van der Waals surface area contributed by atoms with Crippen molar-refractivity contribution in [3.05, 3.63) is 29.3 Å². The number of rotatable bonds is 6. The lowest BCUT2D eigenvalue weighted by molar-refractivity contribution is 0.163. The van der Waals surface area contributed by atoms with Gasteiger partial charge in [0.2, 0.25) is 0 Å². The van der Waals surface area contributed by atoms with Crippen LogP contribution in [-0.2, 0) is 0 Å². The summed E-state index contributed by atoms with van der Waals surface area (Å²) in [5.41, 5.74) is 2.35. The summed E-state index contributed by atoms with van der Waals surface area (Å²) in [7, 11) is 1.68. The van der Waals surface area contributed by atoms with Crippen molar-refractivity contribution in [2.45, 2.75) is 39.3 Å². The highest BCUT2D eigenvalue weighted by molar-refractivity contribution is 5.38. The Morgan fingerprint density at radius 3 is 2.71 bits per heavy atom. The summed E-state index contributed by atoms with van der Waals surface area (Å²) in [6.45, 7) is 6.73. The van der Waals surface area contributed by atoms with Crippen molar-refractivity contribution in [3.63, 3.8) is 0 Å². The molecule has 96 valence electrons. The van der Waals surface area contributed by atoms with Gasteiger partial charge < -0.3 is 15.2 Å². The van der Waals surface area contributed by atoms with E-state index in [1.165, 1.54) is 5.56 Å². The molecule has 0 aliphatic rings. The Morgan fingerprint density at radius 1 is 1.41 bits per heavy atom. The average Bonchev–Trinajstić information content (AvgIpc) is 2.35. The van der Waals surface area contributed by atoms with Crippen molar-refractivity contribution in [2.75, 3.05) is 13.7 Å². The van der Waals surface area contributed by atoms with Gasteiger partial charge in [0, 0.05) is 18.2 Å². The van der Waals surface area contributed by atoms with Crippen LogP contribution in [0.5, 0.6) is 5.75 Å². The summed E-state index contributed by atoms with van der Waals surface area (Å²) in [5, 5.41) is 12.9. The number of methoxy groups -OCH3 is 1. The average molecular weight is 237 g/mol. The quantitative estimate of drug-likeness (QED) is 0.798. The highest BCUT2D eigenvalue weighted by Gasteiger charge is 2.12. The summed E-state index contributed by atoms with van der Waals surface area (Å²) in [4.78, 5) is 0. The maximum absolute atomic E-state index is 9.54. The van der Waals surface area contributed by atoms with Gasteiger partial charge in [-0.15, -0.1) is 0 Å². The molecule has 0 spiro atoms. The van der Waals surface area contributed by atoms with Crippen LogP contribution in [0.15, 0.2) is 18.2 Å². The van der Waals surface area contributed by atoms with Gasteiger partial charge in [-0.2, -0.15) is 0 Å². The second-order valence-corrected chi connectivity index (χ2v) is 4.44. The fourth-order valence-electron chi connectivity index (χ4n) is 1.76. The second kappa shape index (κ2) is 6.62. The third kappa shape index (κ3) is 4.02. The van der Waals surface area contributed by atoms with Crippen molar-refractivity contribution >= 4 is 0 Å². The van der Waals surface area contributed by atoms with E-state index in [0.717, 1.165) is 17.7 Å². The third-order valence-electron chi connectivity index (χ3n) is 2.98. The topological polar surface area (TPSA) is 41.5 Å². The van der Waals surface area contributed by atoms with Crippen LogP contribution in [0, 0.1) is 6.92 Å². The van der Waals surface area contributed by atoms with Crippen LogP contribution in [0.2, 0.25) is 0 Å². The maximum Gasteiger partial charge on any atom is 0.123 e. The minimum atomic E-state index is -0.284. The van der Waals surface area contributed by atoms with Gasteiger partial charge in [-0.1, -0.05) is 24.6 Å². The molecule has 0 saturated heterocycles. The molecule has 17 heavy (non-hydrogen) atoms. The van der Waals surface area contributed by atoms with E-state index in [1.807, 2.05) is 19.1 Å². The van der Waals surface area contributed by atoms with Crippen LogP contribution >= 0.6 is 0 Å². The zero-order valence-electron chi connectivity index (χ0n) is 11.2. The van der Waals surface area contributed by atoms with E-state index >= 15 is 0 Å². The second-order valence-electron chi connectivity index (χ2n) is 4.44. The SMILES string of the molecule is CC[C@H](O)CN[C@@H](C)c1cc(C)ccc1OC. The summed E-state index contributed by atoms with van der Waals surface area (Å²) in [5.74, 6) is 0.890. The van der Waals surface area contributed by atoms with E-state index < -0.39 is 0 Å². The molecule has 0 heterocycles. The Hall–Kier alpha value is -1.06. The number of nitrogens with one attached hydrogen (secondary N) is 1. The molecule has 0 aliphatic heterocycles. The molecule has 0 bridgehead atoms. The summed E-state index contributed by atoms with van der Waals surface area (Å²) >= 11 is 0. The molecular weight excluding hydrogens is 214 g/mol. The number of benzene rings is 1. The molecule has 0 aliphatic carbocycles. The summed E-state index contributed by atoms with van der Waals surface area (Å²) < 4.78 is 5.35. The molecule has 0 radical (unpaired) electrons. The number of hydrogen-bond acceptors (Lipinski definition) is 3. The van der Waals surface area contributed by atoms with Crippen LogP contribution in [0.3, 0.4) is 0 Å². The molecule has 2 atom stereocenters. The van der Waals surface area contributed by atoms with Crippen molar-refractivity contribution in [1.29, 1.82) is 0 Å². The van der Waals surface area contributed by atoms with Gasteiger partial charge in [0.05, 0.1) is 13.2 Å². The molecule has 0 saturated carbocycles. The molecule has 1 rings (SSSR count). The molecule has 3 nitrogen and oxygen atoms in total. The molecule has 2 N–H and O–H groups in total. The van der Waals surface area contributed by atoms with Crippen LogP contribution in [0.1, 0.15) is 37.4 Å². The van der Waals surface area contributed by atoms with Gasteiger partial charge in [0.15, 0.2) is 0 Å². The fraction of sp³-hybridized carbons (Fsp3) is 0.571. The predicted molar refractivity (Wildman–Crippen MR) is 70.4 cm³/mol. The highest BCUT2D eigenvalue weighted by Crippen LogP contribution is 2.25. The van der Waals surface area contributed by atoms with Gasteiger partial charge in [0.1, 0.15) is 5.75 Å². The number of aliphatic hydroxyl groups is 1. The van der Waals surface area contributed by atoms with E-state index in [1.54, 1.807) is 7.11 Å². The Balaban J connectivity index is 2.73. The fourth-order valence-corrected chi connectivity index (χ4v) is 1.76. The first-order valence-electron chi connectivity index (χ1n) is 6.14. The minimum absolute atomic E-state index is 0.172. The normalized spacial score (nSPS) is 14.4. The number of hydrogen-bond donors (Lipinski definition) is 2. The Bertz CT molecular complexity index is 352. The lowest BCUT2D eigenvalue weighted by atomic mass is 10.0. The van der Waals surface area contributed by atoms with Gasteiger partial charge in [-0.3, -0.25) is 0 Å². The zero-order chi connectivity index (χ0) is 12.8. The van der Waals surface area contributed by atoms with E-state index in [-0.39, 0.29) is 12.1 Å².